The third kappa shape index (κ3) is 3.81. The van der Waals surface area contributed by atoms with Crippen molar-refractivity contribution in [3.63, 3.8) is 0 Å². The summed E-state index contributed by atoms with van der Waals surface area (Å²) >= 11 is 5.68. The van der Waals surface area contributed by atoms with Crippen molar-refractivity contribution >= 4 is 23.1 Å². The largest absolute Gasteiger partial charge is 0.393 e. The van der Waals surface area contributed by atoms with Gasteiger partial charge in [-0.2, -0.15) is 10.4 Å². The van der Waals surface area contributed by atoms with Crippen molar-refractivity contribution in [2.75, 3.05) is 5.32 Å². The first kappa shape index (κ1) is 18.6. The van der Waals surface area contributed by atoms with Gasteiger partial charge in [-0.15, -0.1) is 0 Å². The molecule has 4 atom stereocenters. The van der Waals surface area contributed by atoms with Gasteiger partial charge in [0.15, 0.2) is 5.82 Å². The molecule has 0 amide bonds. The summed E-state index contributed by atoms with van der Waals surface area (Å²) in [4.78, 5) is 0. The molecule has 5 N–H and O–H groups in total. The Morgan fingerprint density at radius 3 is 2.88 bits per heavy atom. The molecule has 1 aromatic carbocycles. The molecule has 1 fully saturated rings. The van der Waals surface area contributed by atoms with Gasteiger partial charge in [-0.1, -0.05) is 11.6 Å². The highest BCUT2D eigenvalue weighted by atomic mass is 35.5. The topological polar surface area (TPSA) is 120 Å². The van der Waals surface area contributed by atoms with Gasteiger partial charge in [-0.3, -0.25) is 4.68 Å². The Balaban J connectivity index is 1.91. The standard InChI is InChI=1S/C17H19ClFN5O2/c18-13-3-1-10(6-14(13)19)22-17-12(16(21)26)8-24(23-17)15-4-2-11(25)5-9(15)7-20/h1,3,6,8-9,11,15-16,25-26H,2,4-5,21H2,(H,22,23). The molecule has 138 valence electrons. The minimum atomic E-state index is -1.29. The first-order chi connectivity index (χ1) is 12.4. The average molecular weight is 380 g/mol. The highest BCUT2D eigenvalue weighted by molar-refractivity contribution is 6.30. The number of hydrogen-bond donors (Lipinski definition) is 4. The summed E-state index contributed by atoms with van der Waals surface area (Å²) in [6.07, 6.45) is 1.29. The molecule has 0 aliphatic heterocycles. The summed E-state index contributed by atoms with van der Waals surface area (Å²) in [6, 6.07) is 6.16. The molecule has 0 saturated heterocycles. The molecule has 1 heterocycles. The van der Waals surface area contributed by atoms with E-state index in [-0.39, 0.29) is 16.9 Å². The Hall–Kier alpha value is -2.18. The van der Waals surface area contributed by atoms with Crippen LogP contribution in [0, 0.1) is 23.1 Å². The predicted octanol–water partition coefficient (Wildman–Crippen LogP) is 2.59. The molecular weight excluding hydrogens is 361 g/mol. The minimum absolute atomic E-state index is 0.00205. The number of halogens is 2. The van der Waals surface area contributed by atoms with Gasteiger partial charge < -0.3 is 21.3 Å². The Morgan fingerprint density at radius 2 is 2.23 bits per heavy atom. The van der Waals surface area contributed by atoms with Crippen molar-refractivity contribution in [3.05, 3.63) is 40.8 Å². The van der Waals surface area contributed by atoms with Crippen LogP contribution in [0.25, 0.3) is 0 Å². The summed E-state index contributed by atoms with van der Waals surface area (Å²) < 4.78 is 15.2. The number of aromatic nitrogens is 2. The van der Waals surface area contributed by atoms with Gasteiger partial charge in [0.2, 0.25) is 0 Å². The van der Waals surface area contributed by atoms with Crippen LogP contribution in [0.15, 0.2) is 24.4 Å². The first-order valence-electron chi connectivity index (χ1n) is 8.21. The van der Waals surface area contributed by atoms with Crippen LogP contribution < -0.4 is 11.1 Å². The number of nitrogens with one attached hydrogen (secondary N) is 1. The molecule has 3 rings (SSSR count). The minimum Gasteiger partial charge on any atom is -0.393 e. The van der Waals surface area contributed by atoms with Crippen molar-refractivity contribution in [2.45, 2.75) is 37.6 Å². The normalized spacial score (nSPS) is 24.1. The maximum atomic E-state index is 13.6. The average Bonchev–Trinajstić information content (AvgIpc) is 3.02. The Morgan fingerprint density at radius 1 is 1.46 bits per heavy atom. The lowest BCUT2D eigenvalue weighted by Gasteiger charge is -2.30. The Bertz CT molecular complexity index is 835. The lowest BCUT2D eigenvalue weighted by Crippen LogP contribution is -2.29. The third-order valence-electron chi connectivity index (χ3n) is 4.55. The molecule has 4 unspecified atom stereocenters. The molecule has 1 aromatic heterocycles. The van der Waals surface area contributed by atoms with Crippen LogP contribution in [0.5, 0.6) is 0 Å². The second-order valence-electron chi connectivity index (χ2n) is 6.38. The van der Waals surface area contributed by atoms with Crippen molar-refractivity contribution in [2.24, 2.45) is 11.7 Å². The van der Waals surface area contributed by atoms with E-state index in [0.717, 1.165) is 0 Å². The van der Waals surface area contributed by atoms with E-state index in [4.69, 9.17) is 17.3 Å². The SMILES string of the molecule is N#CC1CC(O)CCC1n1cc(C(N)O)c(Nc2ccc(Cl)c(F)c2)n1. The van der Waals surface area contributed by atoms with Crippen LogP contribution in [-0.4, -0.2) is 26.1 Å². The van der Waals surface area contributed by atoms with Gasteiger partial charge in [0, 0.05) is 11.9 Å². The van der Waals surface area contributed by atoms with Crippen molar-refractivity contribution in [1.29, 1.82) is 5.26 Å². The summed E-state index contributed by atoms with van der Waals surface area (Å²) in [5.41, 5.74) is 6.34. The van der Waals surface area contributed by atoms with Crippen molar-refractivity contribution < 1.29 is 14.6 Å². The summed E-state index contributed by atoms with van der Waals surface area (Å²) in [5, 5.41) is 36.3. The van der Waals surface area contributed by atoms with Gasteiger partial charge in [-0.05, 0) is 37.5 Å². The van der Waals surface area contributed by atoms with E-state index >= 15 is 0 Å². The van der Waals surface area contributed by atoms with E-state index in [1.165, 1.54) is 12.1 Å². The van der Waals surface area contributed by atoms with Gasteiger partial charge in [0.05, 0.1) is 34.7 Å². The fourth-order valence-corrected chi connectivity index (χ4v) is 3.31. The van der Waals surface area contributed by atoms with E-state index in [1.54, 1.807) is 16.9 Å². The Labute approximate surface area is 154 Å². The van der Waals surface area contributed by atoms with Crippen molar-refractivity contribution in [1.82, 2.24) is 9.78 Å². The lowest BCUT2D eigenvalue weighted by molar-refractivity contribution is 0.0861. The van der Waals surface area contributed by atoms with Gasteiger partial charge in [0.1, 0.15) is 12.0 Å². The number of benzene rings is 1. The molecule has 0 bridgehead atoms. The highest BCUT2D eigenvalue weighted by Gasteiger charge is 2.32. The second kappa shape index (κ2) is 7.60. The molecule has 0 radical (unpaired) electrons. The summed E-state index contributed by atoms with van der Waals surface area (Å²) in [5.74, 6) is -0.719. The highest BCUT2D eigenvalue weighted by Crippen LogP contribution is 2.35. The third-order valence-corrected chi connectivity index (χ3v) is 4.86. The quantitative estimate of drug-likeness (QED) is 0.606. The number of rotatable bonds is 4. The van der Waals surface area contributed by atoms with Crippen LogP contribution in [0.1, 0.15) is 37.1 Å². The fraction of sp³-hybridized carbons (Fsp3) is 0.412. The molecule has 1 saturated carbocycles. The molecule has 2 aromatic rings. The summed E-state index contributed by atoms with van der Waals surface area (Å²) in [6.45, 7) is 0. The second-order valence-corrected chi connectivity index (χ2v) is 6.79. The molecular formula is C17H19ClFN5O2. The van der Waals surface area contributed by atoms with Gasteiger partial charge in [-0.25, -0.2) is 4.39 Å². The lowest BCUT2D eigenvalue weighted by atomic mass is 9.84. The number of nitrogens with zero attached hydrogens (tertiary/aromatic N) is 3. The van der Waals surface area contributed by atoms with E-state index in [9.17, 15) is 19.9 Å². The smallest absolute Gasteiger partial charge is 0.159 e. The number of hydrogen-bond acceptors (Lipinski definition) is 6. The monoisotopic (exact) mass is 379 g/mol. The van der Waals surface area contributed by atoms with Gasteiger partial charge in [0.25, 0.3) is 0 Å². The first-order valence-corrected chi connectivity index (χ1v) is 8.59. The Kier molecular flexibility index (Phi) is 5.44. The van der Waals surface area contributed by atoms with Crippen LogP contribution in [0.2, 0.25) is 5.02 Å². The molecule has 1 aliphatic rings. The summed E-state index contributed by atoms with van der Waals surface area (Å²) in [7, 11) is 0. The van der Waals surface area contributed by atoms with E-state index in [0.29, 0.717) is 30.5 Å². The molecule has 1 aliphatic carbocycles. The molecule has 0 spiro atoms. The van der Waals surface area contributed by atoms with E-state index < -0.39 is 24.1 Å². The maximum absolute atomic E-state index is 13.6. The maximum Gasteiger partial charge on any atom is 0.159 e. The fourth-order valence-electron chi connectivity index (χ4n) is 3.19. The predicted molar refractivity (Wildman–Crippen MR) is 94.1 cm³/mol. The zero-order chi connectivity index (χ0) is 18.8. The number of nitrogens with two attached hydrogens (primary N) is 1. The molecule has 26 heavy (non-hydrogen) atoms. The number of anilines is 2. The van der Waals surface area contributed by atoms with E-state index in [1.807, 2.05) is 0 Å². The number of aliphatic hydroxyl groups is 2. The zero-order valence-corrected chi connectivity index (χ0v) is 14.6. The molecule has 9 heteroatoms. The van der Waals surface area contributed by atoms with Crippen molar-refractivity contribution in [3.8, 4) is 6.07 Å². The number of aliphatic hydroxyl groups excluding tert-OH is 2. The van der Waals surface area contributed by atoms with Gasteiger partial charge >= 0.3 is 0 Å². The van der Waals surface area contributed by atoms with Crippen LogP contribution in [-0.2, 0) is 0 Å². The molecule has 7 nitrogen and oxygen atoms in total. The number of nitriles is 1. The van der Waals surface area contributed by atoms with E-state index in [2.05, 4.69) is 16.5 Å². The van der Waals surface area contributed by atoms with Crippen LogP contribution >= 0.6 is 11.6 Å². The van der Waals surface area contributed by atoms with Crippen LogP contribution in [0.3, 0.4) is 0 Å². The van der Waals surface area contributed by atoms with Crippen LogP contribution in [0.4, 0.5) is 15.9 Å². The zero-order valence-electron chi connectivity index (χ0n) is 13.8.